The van der Waals surface area contributed by atoms with Gasteiger partial charge in [-0.25, -0.2) is 9.59 Å². The third-order valence-electron chi connectivity index (χ3n) is 5.93. The lowest BCUT2D eigenvalue weighted by Gasteiger charge is -2.27. The summed E-state index contributed by atoms with van der Waals surface area (Å²) in [6.45, 7) is 1.16. The molecule has 0 spiro atoms. The molecule has 178 valence electrons. The molecule has 2 aliphatic carbocycles. The number of esters is 2. The summed E-state index contributed by atoms with van der Waals surface area (Å²) in [6.07, 6.45) is -8.30. The first-order valence-corrected chi connectivity index (χ1v) is 10.6. The average molecular weight is 458 g/mol. The highest BCUT2D eigenvalue weighted by molar-refractivity contribution is 5.96. The van der Waals surface area contributed by atoms with E-state index in [4.69, 9.17) is 9.47 Å². The van der Waals surface area contributed by atoms with Crippen LogP contribution in [0.15, 0.2) is 11.6 Å². The van der Waals surface area contributed by atoms with E-state index in [0.29, 0.717) is 44.6 Å². The van der Waals surface area contributed by atoms with Crippen molar-refractivity contribution >= 4 is 11.9 Å². The van der Waals surface area contributed by atoms with Crippen LogP contribution in [0.2, 0.25) is 0 Å². The van der Waals surface area contributed by atoms with Gasteiger partial charge in [0, 0.05) is 11.6 Å². The molecule has 0 heterocycles. The van der Waals surface area contributed by atoms with Gasteiger partial charge in [0.25, 0.3) is 0 Å². The van der Waals surface area contributed by atoms with Crippen LogP contribution in [0.4, 0.5) is 26.3 Å². The summed E-state index contributed by atoms with van der Waals surface area (Å²) in [6, 6.07) is 0. The van der Waals surface area contributed by atoms with Gasteiger partial charge >= 0.3 is 24.3 Å². The highest BCUT2D eigenvalue weighted by Gasteiger charge is 2.47. The van der Waals surface area contributed by atoms with Crippen LogP contribution in [0.5, 0.6) is 0 Å². The van der Waals surface area contributed by atoms with Crippen molar-refractivity contribution in [3.8, 4) is 0 Å². The number of ether oxygens (including phenoxy) is 2. The maximum absolute atomic E-state index is 13.3. The first-order valence-electron chi connectivity index (χ1n) is 10.6. The molecular formula is C21H28F6O4. The topological polar surface area (TPSA) is 52.6 Å². The molecule has 2 aliphatic rings. The van der Waals surface area contributed by atoms with Gasteiger partial charge < -0.3 is 9.47 Å². The van der Waals surface area contributed by atoms with E-state index in [0.717, 1.165) is 6.92 Å². The molecule has 2 rings (SSSR count). The van der Waals surface area contributed by atoms with E-state index in [-0.39, 0.29) is 31.3 Å². The molecule has 4 atom stereocenters. The molecule has 10 heteroatoms. The summed E-state index contributed by atoms with van der Waals surface area (Å²) in [5, 5.41) is 0. The van der Waals surface area contributed by atoms with E-state index in [1.54, 1.807) is 0 Å². The van der Waals surface area contributed by atoms with Gasteiger partial charge in [0.05, 0.1) is 11.8 Å². The van der Waals surface area contributed by atoms with Crippen molar-refractivity contribution in [1.29, 1.82) is 0 Å². The molecule has 0 bridgehead atoms. The molecule has 31 heavy (non-hydrogen) atoms. The highest BCUT2D eigenvalue weighted by atomic mass is 19.4. The molecular weight excluding hydrogens is 430 g/mol. The molecule has 0 N–H and O–H groups in total. The smallest absolute Gasteiger partial charge is 0.395 e. The second-order valence-corrected chi connectivity index (χ2v) is 8.32. The SMILES string of the molecule is C/C(=C/C(=O)OC1CCCCCC1C(F)(F)F)C(=O)OC1CCCCCC1C(F)(F)F. The number of carbonyl (C=O) groups excluding carboxylic acids is 2. The van der Waals surface area contributed by atoms with E-state index in [1.165, 1.54) is 0 Å². The zero-order valence-electron chi connectivity index (χ0n) is 17.4. The zero-order valence-corrected chi connectivity index (χ0v) is 17.4. The number of rotatable bonds is 4. The Kier molecular flexibility index (Phi) is 8.83. The first kappa shape index (κ1) is 25.5. The Morgan fingerprint density at radius 3 is 1.58 bits per heavy atom. The lowest BCUT2D eigenvalue weighted by Crippen LogP contribution is -2.37. The average Bonchev–Trinajstić information content (AvgIpc) is 3.01. The second-order valence-electron chi connectivity index (χ2n) is 8.32. The van der Waals surface area contributed by atoms with Crippen LogP contribution in [0.25, 0.3) is 0 Å². The summed E-state index contributed by atoms with van der Waals surface area (Å²) in [5.74, 6) is -5.80. The fraction of sp³-hybridized carbons (Fsp3) is 0.810. The van der Waals surface area contributed by atoms with Crippen LogP contribution in [-0.2, 0) is 19.1 Å². The van der Waals surface area contributed by atoms with Gasteiger partial charge in [-0.3, -0.25) is 0 Å². The van der Waals surface area contributed by atoms with E-state index in [9.17, 15) is 35.9 Å². The third-order valence-corrected chi connectivity index (χ3v) is 5.93. The number of carbonyl (C=O) groups is 2. The van der Waals surface area contributed by atoms with Gasteiger partial charge in [-0.1, -0.05) is 25.7 Å². The van der Waals surface area contributed by atoms with Gasteiger partial charge in [0.1, 0.15) is 12.2 Å². The Morgan fingerprint density at radius 1 is 0.710 bits per heavy atom. The monoisotopic (exact) mass is 458 g/mol. The minimum atomic E-state index is -4.52. The van der Waals surface area contributed by atoms with Crippen molar-refractivity contribution in [2.45, 2.75) is 95.7 Å². The van der Waals surface area contributed by atoms with Crippen molar-refractivity contribution in [2.75, 3.05) is 0 Å². The predicted molar refractivity (Wildman–Crippen MR) is 98.8 cm³/mol. The Balaban J connectivity index is 2.03. The molecule has 0 aromatic heterocycles. The Morgan fingerprint density at radius 2 is 1.13 bits per heavy atom. The van der Waals surface area contributed by atoms with Crippen molar-refractivity contribution in [1.82, 2.24) is 0 Å². The fourth-order valence-corrected chi connectivity index (χ4v) is 4.23. The van der Waals surface area contributed by atoms with Gasteiger partial charge in [0.2, 0.25) is 0 Å². The standard InChI is InChI=1S/C21H28F6O4/c1-13(19(29)31-17-11-7-3-5-9-15(17)21(25,26)27)12-18(28)30-16-10-6-2-4-8-14(16)20(22,23)24/h12,14-17H,2-11H2,1H3/b13-12-. The van der Waals surface area contributed by atoms with Crippen molar-refractivity contribution in [3.63, 3.8) is 0 Å². The molecule has 4 unspecified atom stereocenters. The van der Waals surface area contributed by atoms with E-state index < -0.39 is 48.3 Å². The predicted octanol–water partition coefficient (Wildman–Crippen LogP) is 6.04. The highest BCUT2D eigenvalue weighted by Crippen LogP contribution is 2.39. The van der Waals surface area contributed by atoms with Crippen LogP contribution in [0.1, 0.15) is 71.1 Å². The van der Waals surface area contributed by atoms with E-state index in [1.807, 2.05) is 0 Å². The number of halogens is 6. The molecule has 0 aromatic carbocycles. The molecule has 0 amide bonds. The fourth-order valence-electron chi connectivity index (χ4n) is 4.23. The van der Waals surface area contributed by atoms with Crippen LogP contribution >= 0.6 is 0 Å². The maximum atomic E-state index is 13.3. The minimum absolute atomic E-state index is 0.0581. The maximum Gasteiger partial charge on any atom is 0.395 e. The molecule has 0 aromatic rings. The first-order chi connectivity index (χ1) is 14.4. The van der Waals surface area contributed by atoms with E-state index >= 15 is 0 Å². The van der Waals surface area contributed by atoms with Gasteiger partial charge in [0.15, 0.2) is 0 Å². The Bertz CT molecular complexity index is 655. The third kappa shape index (κ3) is 7.71. The Hall–Kier alpha value is -1.74. The van der Waals surface area contributed by atoms with Crippen LogP contribution in [0, 0.1) is 11.8 Å². The molecule has 2 fully saturated rings. The molecule has 0 radical (unpaired) electrons. The lowest BCUT2D eigenvalue weighted by molar-refractivity contribution is -0.210. The molecule has 4 nitrogen and oxygen atoms in total. The summed E-state index contributed by atoms with van der Waals surface area (Å²) in [7, 11) is 0. The summed E-state index contributed by atoms with van der Waals surface area (Å²) >= 11 is 0. The minimum Gasteiger partial charge on any atom is -0.459 e. The normalized spacial score (nSPS) is 28.9. The van der Waals surface area contributed by atoms with Gasteiger partial charge in [-0.15, -0.1) is 0 Å². The van der Waals surface area contributed by atoms with Crippen LogP contribution in [-0.4, -0.2) is 36.5 Å². The lowest BCUT2D eigenvalue weighted by atomic mass is 9.96. The van der Waals surface area contributed by atoms with Crippen molar-refractivity contribution in [3.05, 3.63) is 11.6 Å². The number of hydrogen-bond donors (Lipinski definition) is 0. The van der Waals surface area contributed by atoms with E-state index in [2.05, 4.69) is 0 Å². The molecule has 0 aliphatic heterocycles. The van der Waals surface area contributed by atoms with Gasteiger partial charge in [-0.2, -0.15) is 26.3 Å². The summed E-state index contributed by atoms with van der Waals surface area (Å²) in [4.78, 5) is 24.4. The summed E-state index contributed by atoms with van der Waals surface area (Å²) < 4.78 is 89.7. The largest absolute Gasteiger partial charge is 0.459 e. The number of alkyl halides is 6. The van der Waals surface area contributed by atoms with Crippen LogP contribution < -0.4 is 0 Å². The zero-order chi connectivity index (χ0) is 23.2. The molecule has 2 saturated carbocycles. The Labute approximate surface area is 177 Å². The second kappa shape index (κ2) is 10.7. The number of hydrogen-bond acceptors (Lipinski definition) is 4. The van der Waals surface area contributed by atoms with Gasteiger partial charge in [-0.05, 0) is 45.4 Å². The quantitative estimate of drug-likeness (QED) is 0.223. The van der Waals surface area contributed by atoms with Crippen molar-refractivity contribution < 1.29 is 45.4 Å². The van der Waals surface area contributed by atoms with Crippen molar-refractivity contribution in [2.24, 2.45) is 11.8 Å². The van der Waals surface area contributed by atoms with Crippen LogP contribution in [0.3, 0.4) is 0 Å². The molecule has 0 saturated heterocycles. The summed E-state index contributed by atoms with van der Waals surface area (Å²) in [5.41, 5.74) is -0.313.